The lowest BCUT2D eigenvalue weighted by atomic mass is 10.2. The summed E-state index contributed by atoms with van der Waals surface area (Å²) >= 11 is 14.1. The molecule has 0 fully saturated rings. The third-order valence-corrected chi connectivity index (χ3v) is 5.86. The van der Waals surface area contributed by atoms with Gasteiger partial charge in [-0.1, -0.05) is 64.8 Å². The number of aromatic nitrogens is 3. The topological polar surface area (TPSA) is 39.9 Å². The summed E-state index contributed by atoms with van der Waals surface area (Å²) in [5.41, 5.74) is 2.07. The SMILES string of the molecule is C=CCn1c(SCc2c(Cl)cccc2Cl)nnc1C(C)Oc1ccc(C)cc1. The maximum atomic E-state index is 6.28. The molecule has 1 atom stereocenters. The molecule has 1 heterocycles. The molecule has 0 bridgehead atoms. The third kappa shape index (κ3) is 4.90. The van der Waals surface area contributed by atoms with E-state index in [1.807, 2.05) is 67.0 Å². The van der Waals surface area contributed by atoms with Gasteiger partial charge in [-0.2, -0.15) is 0 Å². The molecule has 0 radical (unpaired) electrons. The van der Waals surface area contributed by atoms with Crippen LogP contribution in [0, 0.1) is 6.92 Å². The van der Waals surface area contributed by atoms with Gasteiger partial charge in [-0.25, -0.2) is 0 Å². The second-order valence-electron chi connectivity index (χ2n) is 6.30. The maximum Gasteiger partial charge on any atom is 0.191 e. The number of ether oxygens (including phenoxy) is 1. The fraction of sp³-hybridized carbons (Fsp3) is 0.238. The Labute approximate surface area is 179 Å². The van der Waals surface area contributed by atoms with Crippen LogP contribution in [0.2, 0.25) is 10.0 Å². The molecular weight excluding hydrogens is 413 g/mol. The van der Waals surface area contributed by atoms with Crippen LogP contribution < -0.4 is 4.74 Å². The van der Waals surface area contributed by atoms with E-state index in [0.29, 0.717) is 22.3 Å². The number of allylic oxidation sites excluding steroid dienone is 1. The molecule has 7 heteroatoms. The number of hydrogen-bond donors (Lipinski definition) is 0. The lowest BCUT2D eigenvalue weighted by Gasteiger charge is -2.16. The molecule has 0 saturated heterocycles. The summed E-state index contributed by atoms with van der Waals surface area (Å²) in [6.45, 7) is 8.44. The molecule has 1 aromatic heterocycles. The zero-order valence-corrected chi connectivity index (χ0v) is 18.1. The number of thioether (sulfide) groups is 1. The molecule has 0 aliphatic rings. The second-order valence-corrected chi connectivity index (χ2v) is 8.06. The highest BCUT2D eigenvalue weighted by Crippen LogP contribution is 2.32. The first-order valence-electron chi connectivity index (χ1n) is 8.82. The minimum Gasteiger partial charge on any atom is -0.483 e. The summed E-state index contributed by atoms with van der Waals surface area (Å²) in [7, 11) is 0. The molecule has 146 valence electrons. The van der Waals surface area contributed by atoms with Crippen molar-refractivity contribution in [3.63, 3.8) is 0 Å². The monoisotopic (exact) mass is 433 g/mol. The highest BCUT2D eigenvalue weighted by molar-refractivity contribution is 7.98. The number of aryl methyl sites for hydroxylation is 1. The van der Waals surface area contributed by atoms with E-state index < -0.39 is 0 Å². The summed E-state index contributed by atoms with van der Waals surface area (Å²) < 4.78 is 8.05. The van der Waals surface area contributed by atoms with E-state index in [0.717, 1.165) is 22.3 Å². The normalized spacial score (nSPS) is 12.0. The Balaban J connectivity index is 1.78. The summed E-state index contributed by atoms with van der Waals surface area (Å²) in [4.78, 5) is 0. The van der Waals surface area contributed by atoms with Gasteiger partial charge in [0.25, 0.3) is 0 Å². The standard InChI is InChI=1S/C21H21Cl2N3OS/c1-4-12-26-20(15(3)27-16-10-8-14(2)9-11-16)24-25-21(26)28-13-17-18(22)6-5-7-19(17)23/h4-11,15H,1,12-13H2,2-3H3. The van der Waals surface area contributed by atoms with Gasteiger partial charge in [0.1, 0.15) is 5.75 Å². The van der Waals surface area contributed by atoms with Crippen LogP contribution in [0.25, 0.3) is 0 Å². The number of hydrogen-bond acceptors (Lipinski definition) is 4. The van der Waals surface area contributed by atoms with Gasteiger partial charge in [-0.3, -0.25) is 4.57 Å². The van der Waals surface area contributed by atoms with Gasteiger partial charge in [-0.15, -0.1) is 16.8 Å². The average molecular weight is 434 g/mol. The zero-order valence-electron chi connectivity index (χ0n) is 15.7. The van der Waals surface area contributed by atoms with Crippen LogP contribution in [0.3, 0.4) is 0 Å². The van der Waals surface area contributed by atoms with Crippen LogP contribution in [0.4, 0.5) is 0 Å². The Kier molecular flexibility index (Phi) is 7.05. The van der Waals surface area contributed by atoms with Gasteiger partial charge < -0.3 is 4.74 Å². The number of nitrogens with zero attached hydrogens (tertiary/aromatic N) is 3. The maximum absolute atomic E-state index is 6.28. The van der Waals surface area contributed by atoms with E-state index in [1.54, 1.807) is 0 Å². The molecule has 0 aliphatic carbocycles. The predicted molar refractivity (Wildman–Crippen MR) is 116 cm³/mol. The van der Waals surface area contributed by atoms with Gasteiger partial charge in [0.15, 0.2) is 17.1 Å². The molecule has 3 aromatic rings. The van der Waals surface area contributed by atoms with Crippen molar-refractivity contribution < 1.29 is 4.74 Å². The number of halogens is 2. The first kappa shape index (κ1) is 20.8. The lowest BCUT2D eigenvalue weighted by Crippen LogP contribution is -2.12. The minimum absolute atomic E-state index is 0.256. The van der Waals surface area contributed by atoms with Crippen molar-refractivity contribution >= 4 is 35.0 Å². The molecule has 0 aliphatic heterocycles. The molecule has 4 nitrogen and oxygen atoms in total. The molecule has 1 unspecified atom stereocenters. The van der Waals surface area contributed by atoms with Gasteiger partial charge >= 0.3 is 0 Å². The van der Waals surface area contributed by atoms with Crippen LogP contribution in [0.15, 0.2) is 60.3 Å². The second kappa shape index (κ2) is 9.50. The molecule has 2 aromatic carbocycles. The Morgan fingerprint density at radius 1 is 1.14 bits per heavy atom. The van der Waals surface area contributed by atoms with Crippen LogP contribution in [0.1, 0.15) is 30.0 Å². The van der Waals surface area contributed by atoms with Crippen molar-refractivity contribution in [2.24, 2.45) is 0 Å². The summed E-state index contributed by atoms with van der Waals surface area (Å²) in [6, 6.07) is 13.4. The summed E-state index contributed by atoms with van der Waals surface area (Å²) in [5.74, 6) is 2.14. The highest BCUT2D eigenvalue weighted by Gasteiger charge is 2.19. The number of benzene rings is 2. The van der Waals surface area contributed by atoms with Crippen molar-refractivity contribution in [1.82, 2.24) is 14.8 Å². The quantitative estimate of drug-likeness (QED) is 0.299. The van der Waals surface area contributed by atoms with E-state index in [4.69, 9.17) is 27.9 Å². The summed E-state index contributed by atoms with van der Waals surface area (Å²) in [6.07, 6.45) is 1.56. The first-order chi connectivity index (χ1) is 13.5. The van der Waals surface area contributed by atoms with Crippen molar-refractivity contribution in [3.05, 3.63) is 82.1 Å². The van der Waals surface area contributed by atoms with Gasteiger partial charge in [-0.05, 0) is 43.7 Å². The lowest BCUT2D eigenvalue weighted by molar-refractivity contribution is 0.210. The average Bonchev–Trinajstić information content (AvgIpc) is 3.06. The fourth-order valence-corrected chi connectivity index (χ4v) is 4.39. The van der Waals surface area contributed by atoms with Gasteiger partial charge in [0, 0.05) is 22.3 Å². The van der Waals surface area contributed by atoms with Crippen molar-refractivity contribution in [2.75, 3.05) is 0 Å². The zero-order chi connectivity index (χ0) is 20.1. The highest BCUT2D eigenvalue weighted by atomic mass is 35.5. The molecule has 0 N–H and O–H groups in total. The van der Waals surface area contributed by atoms with Crippen LogP contribution in [-0.4, -0.2) is 14.8 Å². The Morgan fingerprint density at radius 2 is 1.82 bits per heavy atom. The molecular formula is C21H21Cl2N3OS. The molecule has 0 amide bonds. The van der Waals surface area contributed by atoms with Crippen LogP contribution in [-0.2, 0) is 12.3 Å². The largest absolute Gasteiger partial charge is 0.483 e. The number of rotatable bonds is 8. The predicted octanol–water partition coefficient (Wildman–Crippen LogP) is 6.51. The van der Waals surface area contributed by atoms with Crippen LogP contribution >= 0.6 is 35.0 Å². The minimum atomic E-state index is -0.256. The fourth-order valence-electron chi connectivity index (χ4n) is 2.69. The van der Waals surface area contributed by atoms with E-state index >= 15 is 0 Å². The molecule has 28 heavy (non-hydrogen) atoms. The Bertz CT molecular complexity index is 937. The van der Waals surface area contributed by atoms with Crippen molar-refractivity contribution in [1.29, 1.82) is 0 Å². The molecule has 3 rings (SSSR count). The van der Waals surface area contributed by atoms with E-state index in [1.165, 1.54) is 17.3 Å². The van der Waals surface area contributed by atoms with E-state index in [-0.39, 0.29) is 6.10 Å². The third-order valence-electron chi connectivity index (χ3n) is 4.16. The van der Waals surface area contributed by atoms with Gasteiger partial charge in [0.05, 0.1) is 0 Å². The van der Waals surface area contributed by atoms with Gasteiger partial charge in [0.2, 0.25) is 0 Å². The smallest absolute Gasteiger partial charge is 0.191 e. The first-order valence-corrected chi connectivity index (χ1v) is 10.6. The van der Waals surface area contributed by atoms with E-state index in [2.05, 4.69) is 16.8 Å². The molecule has 0 saturated carbocycles. The van der Waals surface area contributed by atoms with E-state index in [9.17, 15) is 0 Å². The summed E-state index contributed by atoms with van der Waals surface area (Å²) in [5, 5.41) is 10.8. The Morgan fingerprint density at radius 3 is 2.46 bits per heavy atom. The van der Waals surface area contributed by atoms with Crippen LogP contribution in [0.5, 0.6) is 5.75 Å². The van der Waals surface area contributed by atoms with Crippen molar-refractivity contribution in [3.8, 4) is 5.75 Å². The molecule has 0 spiro atoms. The Hall–Kier alpha value is -1.95. The van der Waals surface area contributed by atoms with Crippen molar-refractivity contribution in [2.45, 2.75) is 37.4 Å².